The molecular weight excluding hydrogens is 114 g/mol. The molecule has 0 saturated heterocycles. The molecule has 0 aliphatic heterocycles. The van der Waals surface area contributed by atoms with Crippen molar-refractivity contribution in [1.29, 1.82) is 0 Å². The van der Waals surface area contributed by atoms with Crippen molar-refractivity contribution in [2.24, 2.45) is 0 Å². The molecule has 0 aromatic carbocycles. The lowest BCUT2D eigenvalue weighted by Gasteiger charge is -2.21. The van der Waals surface area contributed by atoms with Gasteiger partial charge in [-0.25, -0.2) is 5.11 Å². The summed E-state index contributed by atoms with van der Waals surface area (Å²) in [5.74, 6) is 0. The first-order chi connectivity index (χ1) is 3.95. The molecule has 0 saturated carbocycles. The molecule has 0 aliphatic carbocycles. The Bertz CT molecular complexity index is 75.5. The Hall–Kier alpha value is -0.0800. The SMILES string of the molecule is CCC(C)NC(C)(C)[O]. The summed E-state index contributed by atoms with van der Waals surface area (Å²) in [5.41, 5.74) is -0.977. The number of hydrogen-bond donors (Lipinski definition) is 1. The van der Waals surface area contributed by atoms with E-state index >= 15 is 0 Å². The highest BCUT2D eigenvalue weighted by atomic mass is 16.3. The van der Waals surface area contributed by atoms with Crippen LogP contribution < -0.4 is 5.32 Å². The van der Waals surface area contributed by atoms with Gasteiger partial charge < -0.3 is 0 Å². The van der Waals surface area contributed by atoms with Gasteiger partial charge in [0.05, 0.1) is 0 Å². The fourth-order valence-electron chi connectivity index (χ4n) is 0.695. The van der Waals surface area contributed by atoms with E-state index in [1.54, 1.807) is 13.8 Å². The maximum atomic E-state index is 11.0. The Morgan fingerprint density at radius 1 is 1.56 bits per heavy atom. The van der Waals surface area contributed by atoms with E-state index in [0.29, 0.717) is 6.04 Å². The molecule has 0 fully saturated rings. The Morgan fingerprint density at radius 2 is 2.00 bits per heavy atom. The summed E-state index contributed by atoms with van der Waals surface area (Å²) >= 11 is 0. The second-order valence-corrected chi connectivity index (χ2v) is 2.96. The largest absolute Gasteiger partial charge is 0.285 e. The minimum atomic E-state index is -0.977. The van der Waals surface area contributed by atoms with Crippen LogP contribution in [0.2, 0.25) is 0 Å². The van der Waals surface area contributed by atoms with Crippen molar-refractivity contribution in [1.82, 2.24) is 5.32 Å². The Morgan fingerprint density at radius 3 is 2.11 bits per heavy atom. The van der Waals surface area contributed by atoms with Crippen molar-refractivity contribution in [2.75, 3.05) is 0 Å². The van der Waals surface area contributed by atoms with Gasteiger partial charge in [-0.05, 0) is 27.2 Å². The summed E-state index contributed by atoms with van der Waals surface area (Å²) < 4.78 is 0. The fraction of sp³-hybridized carbons (Fsp3) is 1.00. The minimum Gasteiger partial charge on any atom is -0.285 e. The van der Waals surface area contributed by atoms with E-state index in [-0.39, 0.29) is 0 Å². The summed E-state index contributed by atoms with van der Waals surface area (Å²) in [6.45, 7) is 7.35. The maximum Gasteiger partial charge on any atom is 0.148 e. The van der Waals surface area contributed by atoms with Crippen LogP contribution in [-0.4, -0.2) is 11.8 Å². The van der Waals surface area contributed by atoms with E-state index in [2.05, 4.69) is 12.2 Å². The zero-order chi connectivity index (χ0) is 7.49. The molecule has 0 spiro atoms. The first kappa shape index (κ1) is 8.92. The van der Waals surface area contributed by atoms with Gasteiger partial charge >= 0.3 is 0 Å². The van der Waals surface area contributed by atoms with E-state index in [1.807, 2.05) is 6.92 Å². The predicted molar refractivity (Wildman–Crippen MR) is 37.7 cm³/mol. The van der Waals surface area contributed by atoms with Gasteiger partial charge in [0, 0.05) is 6.04 Å². The minimum absolute atomic E-state index is 0.331. The molecule has 9 heavy (non-hydrogen) atoms. The first-order valence-corrected chi connectivity index (χ1v) is 3.44. The topological polar surface area (TPSA) is 31.9 Å². The van der Waals surface area contributed by atoms with Gasteiger partial charge in [0.2, 0.25) is 0 Å². The number of rotatable bonds is 3. The predicted octanol–water partition coefficient (Wildman–Crippen LogP) is 1.54. The Kier molecular flexibility index (Phi) is 3.15. The van der Waals surface area contributed by atoms with Crippen molar-refractivity contribution in [2.45, 2.75) is 45.9 Å². The maximum absolute atomic E-state index is 11.0. The molecule has 1 N–H and O–H groups in total. The van der Waals surface area contributed by atoms with Crippen molar-refractivity contribution in [3.63, 3.8) is 0 Å². The summed E-state index contributed by atoms with van der Waals surface area (Å²) in [5, 5.41) is 13.9. The second-order valence-electron chi connectivity index (χ2n) is 2.96. The number of nitrogens with one attached hydrogen (secondary N) is 1. The van der Waals surface area contributed by atoms with Crippen LogP contribution in [0.3, 0.4) is 0 Å². The van der Waals surface area contributed by atoms with Gasteiger partial charge in [-0.15, -0.1) is 0 Å². The van der Waals surface area contributed by atoms with E-state index < -0.39 is 5.72 Å². The van der Waals surface area contributed by atoms with Gasteiger partial charge in [0.15, 0.2) is 0 Å². The third-order valence-corrected chi connectivity index (χ3v) is 1.21. The van der Waals surface area contributed by atoms with Crippen LogP contribution in [0.4, 0.5) is 0 Å². The van der Waals surface area contributed by atoms with Gasteiger partial charge in [0.1, 0.15) is 5.72 Å². The van der Waals surface area contributed by atoms with Crippen LogP contribution in [0.1, 0.15) is 34.1 Å². The first-order valence-electron chi connectivity index (χ1n) is 3.44. The Balaban J connectivity index is 3.47. The fourth-order valence-corrected chi connectivity index (χ4v) is 0.695. The molecule has 0 amide bonds. The highest BCUT2D eigenvalue weighted by Gasteiger charge is 2.15. The molecule has 0 bridgehead atoms. The van der Waals surface area contributed by atoms with Crippen LogP contribution in [-0.2, 0) is 5.11 Å². The van der Waals surface area contributed by atoms with E-state index in [4.69, 9.17) is 0 Å². The van der Waals surface area contributed by atoms with Gasteiger partial charge in [0.25, 0.3) is 0 Å². The highest BCUT2D eigenvalue weighted by molar-refractivity contribution is 4.66. The standard InChI is InChI=1S/C7H16NO/c1-5-6(2)8-7(3,4)9/h6,8H,5H2,1-4H3. The van der Waals surface area contributed by atoms with Crippen LogP contribution in [0.25, 0.3) is 0 Å². The lowest BCUT2D eigenvalue weighted by molar-refractivity contribution is -0.0342. The van der Waals surface area contributed by atoms with Crippen molar-refractivity contribution < 1.29 is 5.11 Å². The van der Waals surface area contributed by atoms with Gasteiger partial charge in [-0.3, -0.25) is 5.32 Å². The molecule has 2 nitrogen and oxygen atoms in total. The van der Waals surface area contributed by atoms with Crippen LogP contribution in [0.15, 0.2) is 0 Å². The van der Waals surface area contributed by atoms with Crippen LogP contribution in [0.5, 0.6) is 0 Å². The summed E-state index contributed by atoms with van der Waals surface area (Å²) in [6.07, 6.45) is 1.01. The summed E-state index contributed by atoms with van der Waals surface area (Å²) in [4.78, 5) is 0. The average molecular weight is 130 g/mol. The van der Waals surface area contributed by atoms with Crippen LogP contribution >= 0.6 is 0 Å². The van der Waals surface area contributed by atoms with E-state index in [0.717, 1.165) is 6.42 Å². The molecular formula is C7H16NO. The summed E-state index contributed by atoms with van der Waals surface area (Å²) in [6, 6.07) is 0.331. The third-order valence-electron chi connectivity index (χ3n) is 1.21. The molecule has 1 atom stereocenters. The van der Waals surface area contributed by atoms with E-state index in [1.165, 1.54) is 0 Å². The molecule has 0 aromatic rings. The smallest absolute Gasteiger partial charge is 0.148 e. The molecule has 2 heteroatoms. The molecule has 1 radical (unpaired) electrons. The monoisotopic (exact) mass is 130 g/mol. The van der Waals surface area contributed by atoms with Crippen molar-refractivity contribution in [3.05, 3.63) is 0 Å². The number of hydrogen-bond acceptors (Lipinski definition) is 1. The lowest BCUT2D eigenvalue weighted by atomic mass is 10.2. The normalized spacial score (nSPS) is 15.7. The summed E-state index contributed by atoms with van der Waals surface area (Å²) in [7, 11) is 0. The lowest BCUT2D eigenvalue weighted by Crippen LogP contribution is -2.43. The van der Waals surface area contributed by atoms with Crippen LogP contribution in [0, 0.1) is 0 Å². The van der Waals surface area contributed by atoms with Gasteiger partial charge in [-0.1, -0.05) is 6.92 Å². The third kappa shape index (κ3) is 5.80. The quantitative estimate of drug-likeness (QED) is 0.577. The van der Waals surface area contributed by atoms with E-state index in [9.17, 15) is 5.11 Å². The average Bonchev–Trinajstić information content (AvgIpc) is 1.62. The molecule has 0 aliphatic rings. The zero-order valence-corrected chi connectivity index (χ0v) is 6.69. The van der Waals surface area contributed by atoms with Crippen molar-refractivity contribution >= 4 is 0 Å². The highest BCUT2D eigenvalue weighted by Crippen LogP contribution is 1.99. The molecule has 55 valence electrons. The second kappa shape index (κ2) is 3.18. The molecule has 0 aromatic heterocycles. The van der Waals surface area contributed by atoms with Crippen molar-refractivity contribution in [3.8, 4) is 0 Å². The zero-order valence-electron chi connectivity index (χ0n) is 6.69. The molecule has 0 heterocycles. The Labute approximate surface area is 57.3 Å². The molecule has 0 rings (SSSR count). The molecule has 1 unspecified atom stereocenters. The van der Waals surface area contributed by atoms with Gasteiger partial charge in [-0.2, -0.15) is 0 Å².